The van der Waals surface area contributed by atoms with Crippen molar-refractivity contribution in [2.24, 2.45) is 0 Å². The van der Waals surface area contributed by atoms with E-state index < -0.39 is 0 Å². The number of anilines is 2. The Balaban J connectivity index is 1.60. The highest BCUT2D eigenvalue weighted by Crippen LogP contribution is 2.21. The first kappa shape index (κ1) is 14.2. The molecule has 0 aliphatic heterocycles. The van der Waals surface area contributed by atoms with Gasteiger partial charge in [0.15, 0.2) is 5.13 Å². The Morgan fingerprint density at radius 1 is 1.14 bits per heavy atom. The Kier molecular flexibility index (Phi) is 4.35. The first-order chi connectivity index (χ1) is 10.8. The highest BCUT2D eigenvalue weighted by Gasteiger charge is 2.10. The van der Waals surface area contributed by atoms with Gasteiger partial charge in [0.1, 0.15) is 17.0 Å². The van der Waals surface area contributed by atoms with E-state index in [1.165, 1.54) is 17.7 Å². The average molecular weight is 311 g/mol. The predicted molar refractivity (Wildman–Crippen MR) is 85.0 cm³/mol. The molecule has 2 N–H and O–H groups in total. The standard InChI is InChI=1S/C15H13N5OS/c21-14(17-8-11-4-2-1-3-5-11)12-9-18-15(22-12)20-13-6-7-16-10-19-13/h1-7,9-10H,8H2,(H,17,21)(H,16,18,19,20). The monoisotopic (exact) mass is 311 g/mol. The summed E-state index contributed by atoms with van der Waals surface area (Å²) in [7, 11) is 0. The number of rotatable bonds is 5. The van der Waals surface area contributed by atoms with Gasteiger partial charge in [0.05, 0.1) is 6.20 Å². The molecular weight excluding hydrogens is 298 g/mol. The van der Waals surface area contributed by atoms with Crippen LogP contribution in [0.5, 0.6) is 0 Å². The van der Waals surface area contributed by atoms with Crippen LogP contribution in [0, 0.1) is 0 Å². The van der Waals surface area contributed by atoms with Crippen LogP contribution in [0.3, 0.4) is 0 Å². The highest BCUT2D eigenvalue weighted by molar-refractivity contribution is 7.17. The number of hydrogen-bond acceptors (Lipinski definition) is 6. The number of amides is 1. The van der Waals surface area contributed by atoms with Crippen molar-refractivity contribution in [1.82, 2.24) is 20.3 Å². The predicted octanol–water partition coefficient (Wildman–Crippen LogP) is 2.61. The first-order valence-electron chi connectivity index (χ1n) is 6.62. The first-order valence-corrected chi connectivity index (χ1v) is 7.44. The zero-order valence-corrected chi connectivity index (χ0v) is 12.4. The van der Waals surface area contributed by atoms with Crippen LogP contribution in [-0.2, 0) is 6.54 Å². The van der Waals surface area contributed by atoms with Crippen LogP contribution in [-0.4, -0.2) is 20.9 Å². The third-order valence-corrected chi connectivity index (χ3v) is 3.75. The number of aromatic nitrogens is 3. The molecule has 0 saturated carbocycles. The molecule has 0 unspecified atom stereocenters. The van der Waals surface area contributed by atoms with Crippen molar-refractivity contribution >= 4 is 28.2 Å². The number of carbonyl (C=O) groups is 1. The fourth-order valence-corrected chi connectivity index (χ4v) is 2.52. The van der Waals surface area contributed by atoms with Crippen molar-refractivity contribution in [2.75, 3.05) is 5.32 Å². The normalized spacial score (nSPS) is 10.2. The minimum absolute atomic E-state index is 0.142. The lowest BCUT2D eigenvalue weighted by Gasteiger charge is -2.03. The van der Waals surface area contributed by atoms with Gasteiger partial charge in [0, 0.05) is 12.7 Å². The molecule has 22 heavy (non-hydrogen) atoms. The second-order valence-electron chi connectivity index (χ2n) is 4.42. The van der Waals surface area contributed by atoms with E-state index in [4.69, 9.17) is 0 Å². The van der Waals surface area contributed by atoms with Gasteiger partial charge in [0.25, 0.3) is 5.91 Å². The molecule has 110 valence electrons. The second-order valence-corrected chi connectivity index (χ2v) is 5.45. The summed E-state index contributed by atoms with van der Waals surface area (Å²) in [5, 5.41) is 6.51. The van der Waals surface area contributed by atoms with Crippen molar-refractivity contribution in [3.63, 3.8) is 0 Å². The van der Waals surface area contributed by atoms with E-state index in [0.29, 0.717) is 22.4 Å². The van der Waals surface area contributed by atoms with Crippen LogP contribution in [0.15, 0.2) is 55.1 Å². The summed E-state index contributed by atoms with van der Waals surface area (Å²) in [6.45, 7) is 0.492. The van der Waals surface area contributed by atoms with E-state index in [-0.39, 0.29) is 5.91 Å². The van der Waals surface area contributed by atoms with Crippen molar-refractivity contribution in [3.8, 4) is 0 Å². The van der Waals surface area contributed by atoms with Gasteiger partial charge in [-0.2, -0.15) is 0 Å². The van der Waals surface area contributed by atoms with Gasteiger partial charge in [-0.15, -0.1) is 0 Å². The summed E-state index contributed by atoms with van der Waals surface area (Å²) in [4.78, 5) is 24.7. The van der Waals surface area contributed by atoms with E-state index >= 15 is 0 Å². The maximum atomic E-state index is 12.1. The minimum Gasteiger partial charge on any atom is -0.347 e. The van der Waals surface area contributed by atoms with Crippen molar-refractivity contribution in [1.29, 1.82) is 0 Å². The lowest BCUT2D eigenvalue weighted by atomic mass is 10.2. The largest absolute Gasteiger partial charge is 0.347 e. The number of thiazole rings is 1. The van der Waals surface area contributed by atoms with Gasteiger partial charge in [-0.1, -0.05) is 41.7 Å². The molecule has 0 aliphatic carbocycles. The van der Waals surface area contributed by atoms with Gasteiger partial charge in [0.2, 0.25) is 0 Å². The van der Waals surface area contributed by atoms with Crippen LogP contribution in [0.25, 0.3) is 0 Å². The van der Waals surface area contributed by atoms with Crippen molar-refractivity contribution in [2.45, 2.75) is 6.54 Å². The molecule has 0 spiro atoms. The van der Waals surface area contributed by atoms with Crippen molar-refractivity contribution < 1.29 is 4.79 Å². The quantitative estimate of drug-likeness (QED) is 0.757. The van der Waals surface area contributed by atoms with E-state index in [1.54, 1.807) is 18.5 Å². The fourth-order valence-electron chi connectivity index (χ4n) is 1.78. The van der Waals surface area contributed by atoms with E-state index in [0.717, 1.165) is 5.56 Å². The Bertz CT molecular complexity index is 745. The lowest BCUT2D eigenvalue weighted by Crippen LogP contribution is -2.21. The maximum Gasteiger partial charge on any atom is 0.263 e. The van der Waals surface area contributed by atoms with E-state index in [1.807, 2.05) is 30.3 Å². The average Bonchev–Trinajstić information content (AvgIpc) is 3.03. The van der Waals surface area contributed by atoms with Gasteiger partial charge < -0.3 is 10.6 Å². The van der Waals surface area contributed by atoms with Gasteiger partial charge >= 0.3 is 0 Å². The third-order valence-electron chi connectivity index (χ3n) is 2.84. The summed E-state index contributed by atoms with van der Waals surface area (Å²) in [6.07, 6.45) is 4.63. The molecule has 1 amide bonds. The Hall–Kier alpha value is -2.80. The van der Waals surface area contributed by atoms with Gasteiger partial charge in [-0.05, 0) is 11.6 Å². The molecule has 0 saturated heterocycles. The Morgan fingerprint density at radius 2 is 2.00 bits per heavy atom. The molecule has 0 fully saturated rings. The number of carbonyl (C=O) groups excluding carboxylic acids is 1. The molecular formula is C15H13N5OS. The summed E-state index contributed by atoms with van der Waals surface area (Å²) in [5.41, 5.74) is 1.06. The molecule has 6 nitrogen and oxygen atoms in total. The number of hydrogen-bond donors (Lipinski definition) is 2. The fraction of sp³-hybridized carbons (Fsp3) is 0.0667. The minimum atomic E-state index is -0.142. The number of nitrogens with zero attached hydrogens (tertiary/aromatic N) is 3. The molecule has 3 aromatic rings. The summed E-state index contributed by atoms with van der Waals surface area (Å²) in [6, 6.07) is 11.5. The second kappa shape index (κ2) is 6.77. The molecule has 1 aromatic carbocycles. The molecule has 0 radical (unpaired) electrons. The Labute approximate surface area is 131 Å². The molecule has 2 heterocycles. The zero-order chi connectivity index (χ0) is 15.2. The van der Waals surface area contributed by atoms with Gasteiger partial charge in [-0.25, -0.2) is 15.0 Å². The van der Waals surface area contributed by atoms with E-state index in [9.17, 15) is 4.79 Å². The topological polar surface area (TPSA) is 79.8 Å². The van der Waals surface area contributed by atoms with Crippen LogP contribution in [0.4, 0.5) is 10.9 Å². The van der Waals surface area contributed by atoms with Crippen molar-refractivity contribution in [3.05, 3.63) is 65.6 Å². The maximum absolute atomic E-state index is 12.1. The van der Waals surface area contributed by atoms with Crippen LogP contribution in [0.1, 0.15) is 15.2 Å². The zero-order valence-electron chi connectivity index (χ0n) is 11.6. The van der Waals surface area contributed by atoms with Crippen LogP contribution >= 0.6 is 11.3 Å². The third kappa shape index (κ3) is 3.64. The molecule has 0 aliphatic rings. The lowest BCUT2D eigenvalue weighted by molar-refractivity contribution is 0.0955. The highest BCUT2D eigenvalue weighted by atomic mass is 32.1. The number of benzene rings is 1. The molecule has 2 aromatic heterocycles. The van der Waals surface area contributed by atoms with E-state index in [2.05, 4.69) is 25.6 Å². The molecule has 7 heteroatoms. The summed E-state index contributed by atoms with van der Waals surface area (Å²) in [5.74, 6) is 0.498. The van der Waals surface area contributed by atoms with Crippen LogP contribution in [0.2, 0.25) is 0 Å². The SMILES string of the molecule is O=C(NCc1ccccc1)c1cnc(Nc2ccncn2)s1. The van der Waals surface area contributed by atoms with Gasteiger partial charge in [-0.3, -0.25) is 4.79 Å². The summed E-state index contributed by atoms with van der Waals surface area (Å²) >= 11 is 1.28. The van der Waals surface area contributed by atoms with Crippen LogP contribution < -0.4 is 10.6 Å². The molecule has 0 bridgehead atoms. The number of nitrogens with one attached hydrogen (secondary N) is 2. The summed E-state index contributed by atoms with van der Waals surface area (Å²) < 4.78 is 0. The Morgan fingerprint density at radius 3 is 2.77 bits per heavy atom. The smallest absolute Gasteiger partial charge is 0.263 e. The molecule has 0 atom stereocenters. The molecule has 3 rings (SSSR count).